The number of imidazole rings is 1. The molecule has 0 aliphatic carbocycles. The van der Waals surface area contributed by atoms with E-state index in [1.807, 2.05) is 66.2 Å². The molecule has 2 aromatic carbocycles. The third-order valence-electron chi connectivity index (χ3n) is 3.78. The molecule has 1 heterocycles. The Hall–Kier alpha value is -2.17. The van der Waals surface area contributed by atoms with Gasteiger partial charge in [0, 0.05) is 13.5 Å². The third-order valence-corrected chi connectivity index (χ3v) is 3.78. The van der Waals surface area contributed by atoms with Gasteiger partial charge in [-0.1, -0.05) is 42.5 Å². The summed E-state index contributed by atoms with van der Waals surface area (Å²) in [5.41, 5.74) is 2.63. The highest BCUT2D eigenvalue weighted by Crippen LogP contribution is 2.21. The van der Waals surface area contributed by atoms with E-state index in [9.17, 15) is 10.2 Å². The van der Waals surface area contributed by atoms with Gasteiger partial charge in [-0.2, -0.15) is 0 Å². The summed E-state index contributed by atoms with van der Waals surface area (Å²) in [5.74, 6) is 0.763. The van der Waals surface area contributed by atoms with Crippen molar-refractivity contribution in [1.82, 2.24) is 9.55 Å². The van der Waals surface area contributed by atoms with E-state index in [-0.39, 0.29) is 0 Å². The monoisotopic (exact) mass is 282 g/mol. The van der Waals surface area contributed by atoms with Crippen LogP contribution in [0.4, 0.5) is 0 Å². The Kier molecular flexibility index (Phi) is 3.73. The Morgan fingerprint density at radius 2 is 1.67 bits per heavy atom. The number of aryl methyl sites for hydroxylation is 1. The zero-order valence-corrected chi connectivity index (χ0v) is 11.8. The van der Waals surface area contributed by atoms with Gasteiger partial charge in [-0.05, 0) is 17.7 Å². The van der Waals surface area contributed by atoms with Gasteiger partial charge >= 0.3 is 0 Å². The first-order valence-electron chi connectivity index (χ1n) is 6.98. The molecule has 0 radical (unpaired) electrons. The molecule has 2 N–H and O–H groups in total. The minimum atomic E-state index is -0.911. The molecular weight excluding hydrogens is 264 g/mol. The lowest BCUT2D eigenvalue weighted by Crippen LogP contribution is -2.22. The van der Waals surface area contributed by atoms with Crippen LogP contribution in [0, 0.1) is 0 Å². The minimum Gasteiger partial charge on any atom is -0.390 e. The number of aliphatic hydroxyl groups is 2. The highest BCUT2D eigenvalue weighted by Gasteiger charge is 2.21. The predicted molar refractivity (Wildman–Crippen MR) is 81.8 cm³/mol. The summed E-state index contributed by atoms with van der Waals surface area (Å²) < 4.78 is 1.95. The Labute approximate surface area is 123 Å². The molecule has 108 valence electrons. The van der Waals surface area contributed by atoms with Crippen LogP contribution in [-0.2, 0) is 13.5 Å². The van der Waals surface area contributed by atoms with Crippen LogP contribution in [0.3, 0.4) is 0 Å². The van der Waals surface area contributed by atoms with Gasteiger partial charge in [-0.25, -0.2) is 4.98 Å². The maximum absolute atomic E-state index is 10.3. The van der Waals surface area contributed by atoms with Crippen LogP contribution in [0.15, 0.2) is 54.6 Å². The summed E-state index contributed by atoms with van der Waals surface area (Å²) in [6.45, 7) is 0. The van der Waals surface area contributed by atoms with Crippen LogP contribution in [0.25, 0.3) is 11.0 Å². The number of rotatable bonds is 4. The van der Waals surface area contributed by atoms with Gasteiger partial charge in [0.05, 0.1) is 17.1 Å². The van der Waals surface area contributed by atoms with Crippen molar-refractivity contribution in [3.63, 3.8) is 0 Å². The van der Waals surface area contributed by atoms with Crippen molar-refractivity contribution in [2.45, 2.75) is 18.6 Å². The van der Waals surface area contributed by atoms with Gasteiger partial charge < -0.3 is 14.8 Å². The van der Waals surface area contributed by atoms with Crippen molar-refractivity contribution >= 4 is 11.0 Å². The molecule has 0 spiro atoms. The number of benzene rings is 2. The van der Waals surface area contributed by atoms with Crippen molar-refractivity contribution < 1.29 is 10.2 Å². The zero-order valence-electron chi connectivity index (χ0n) is 11.8. The van der Waals surface area contributed by atoms with Gasteiger partial charge in [0.1, 0.15) is 11.9 Å². The minimum absolute atomic E-state index is 0.307. The molecule has 0 bridgehead atoms. The molecule has 1 aromatic heterocycles. The van der Waals surface area contributed by atoms with Crippen LogP contribution in [-0.4, -0.2) is 25.9 Å². The lowest BCUT2D eigenvalue weighted by molar-refractivity contribution is 0.0175. The molecule has 4 heteroatoms. The fourth-order valence-corrected chi connectivity index (χ4v) is 2.55. The van der Waals surface area contributed by atoms with E-state index < -0.39 is 12.2 Å². The van der Waals surface area contributed by atoms with Crippen molar-refractivity contribution in [2.24, 2.45) is 7.05 Å². The summed E-state index contributed by atoms with van der Waals surface area (Å²) >= 11 is 0. The van der Waals surface area contributed by atoms with E-state index in [0.29, 0.717) is 12.0 Å². The van der Waals surface area contributed by atoms with E-state index in [0.717, 1.165) is 16.9 Å². The fourth-order valence-electron chi connectivity index (χ4n) is 2.55. The number of para-hydroxylation sites is 2. The maximum atomic E-state index is 10.3. The van der Waals surface area contributed by atoms with Crippen LogP contribution < -0.4 is 0 Å². The number of nitrogens with zero attached hydrogens (tertiary/aromatic N) is 2. The second kappa shape index (κ2) is 5.68. The van der Waals surface area contributed by atoms with Crippen molar-refractivity contribution in [2.75, 3.05) is 0 Å². The third kappa shape index (κ3) is 2.68. The number of aromatic nitrogens is 2. The molecular formula is C17H18N2O2. The summed E-state index contributed by atoms with van der Waals surface area (Å²) in [7, 11) is 1.92. The lowest BCUT2D eigenvalue weighted by atomic mass is 10.0. The first-order chi connectivity index (χ1) is 10.2. The fraction of sp³-hybridized carbons (Fsp3) is 0.235. The molecule has 3 rings (SSSR count). The first kappa shape index (κ1) is 13.8. The Morgan fingerprint density at radius 1 is 1.00 bits per heavy atom. The predicted octanol–water partition coefficient (Wildman–Crippen LogP) is 2.21. The van der Waals surface area contributed by atoms with Crippen LogP contribution in [0.5, 0.6) is 0 Å². The van der Waals surface area contributed by atoms with Gasteiger partial charge in [0.15, 0.2) is 0 Å². The molecule has 4 nitrogen and oxygen atoms in total. The molecule has 21 heavy (non-hydrogen) atoms. The first-order valence-corrected chi connectivity index (χ1v) is 6.98. The highest BCUT2D eigenvalue weighted by atomic mass is 16.3. The topological polar surface area (TPSA) is 58.3 Å². The molecule has 0 saturated carbocycles. The largest absolute Gasteiger partial charge is 0.390 e. The molecule has 0 aliphatic rings. The molecule has 2 unspecified atom stereocenters. The SMILES string of the molecule is Cn1c(CC(O)C(O)c2ccccc2)nc2ccccc21. The molecule has 0 aliphatic heterocycles. The van der Waals surface area contributed by atoms with Gasteiger partial charge in [-0.3, -0.25) is 0 Å². The van der Waals surface area contributed by atoms with E-state index in [1.165, 1.54) is 0 Å². The summed E-state index contributed by atoms with van der Waals surface area (Å²) in [5, 5.41) is 20.5. The second-order valence-electron chi connectivity index (χ2n) is 5.20. The number of hydrogen-bond acceptors (Lipinski definition) is 3. The summed E-state index contributed by atoms with van der Waals surface area (Å²) in [4.78, 5) is 4.52. The molecule has 0 fully saturated rings. The summed E-state index contributed by atoms with van der Waals surface area (Å²) in [6, 6.07) is 17.0. The number of aliphatic hydroxyl groups excluding tert-OH is 2. The highest BCUT2D eigenvalue weighted by molar-refractivity contribution is 5.75. The summed E-state index contributed by atoms with van der Waals surface area (Å²) in [6.07, 6.45) is -1.49. The Morgan fingerprint density at radius 3 is 2.38 bits per heavy atom. The van der Waals surface area contributed by atoms with Crippen LogP contribution in [0.2, 0.25) is 0 Å². The van der Waals surface area contributed by atoms with E-state index in [4.69, 9.17) is 0 Å². The lowest BCUT2D eigenvalue weighted by Gasteiger charge is -2.17. The molecule has 2 atom stereocenters. The van der Waals surface area contributed by atoms with E-state index >= 15 is 0 Å². The van der Waals surface area contributed by atoms with Crippen molar-refractivity contribution in [3.8, 4) is 0 Å². The van der Waals surface area contributed by atoms with Crippen LogP contribution >= 0.6 is 0 Å². The van der Waals surface area contributed by atoms with Crippen LogP contribution in [0.1, 0.15) is 17.5 Å². The maximum Gasteiger partial charge on any atom is 0.112 e. The number of fused-ring (bicyclic) bond motifs is 1. The smallest absolute Gasteiger partial charge is 0.112 e. The van der Waals surface area contributed by atoms with Crippen molar-refractivity contribution in [1.29, 1.82) is 0 Å². The standard InChI is InChI=1S/C17H18N2O2/c1-19-14-10-6-5-9-13(14)18-16(19)11-15(20)17(21)12-7-3-2-4-8-12/h2-10,15,17,20-21H,11H2,1H3. The molecule has 0 amide bonds. The van der Waals surface area contributed by atoms with E-state index in [1.54, 1.807) is 0 Å². The van der Waals surface area contributed by atoms with E-state index in [2.05, 4.69) is 4.98 Å². The second-order valence-corrected chi connectivity index (χ2v) is 5.20. The average molecular weight is 282 g/mol. The normalized spacial score (nSPS) is 14.2. The quantitative estimate of drug-likeness (QED) is 0.771. The van der Waals surface area contributed by atoms with Gasteiger partial charge in [0.25, 0.3) is 0 Å². The zero-order chi connectivity index (χ0) is 14.8. The average Bonchev–Trinajstić information content (AvgIpc) is 2.84. The number of hydrogen-bond donors (Lipinski definition) is 2. The molecule has 3 aromatic rings. The van der Waals surface area contributed by atoms with Crippen molar-refractivity contribution in [3.05, 3.63) is 66.0 Å². The Balaban J connectivity index is 1.83. The van der Waals surface area contributed by atoms with Gasteiger partial charge in [0.2, 0.25) is 0 Å². The molecule has 0 saturated heterocycles. The van der Waals surface area contributed by atoms with Gasteiger partial charge in [-0.15, -0.1) is 0 Å². The Bertz CT molecular complexity index is 737.